The summed E-state index contributed by atoms with van der Waals surface area (Å²) >= 11 is 3.44. The number of aromatic nitrogens is 1. The van der Waals surface area contributed by atoms with Crippen LogP contribution in [0.3, 0.4) is 0 Å². The minimum atomic E-state index is -0.00120. The van der Waals surface area contributed by atoms with Gasteiger partial charge in [0.2, 0.25) is 0 Å². The minimum Gasteiger partial charge on any atom is -0.289 e. The van der Waals surface area contributed by atoms with E-state index in [1.807, 2.05) is 55.5 Å². The average molecular weight is 326 g/mol. The quantitative estimate of drug-likeness (QED) is 0.647. The van der Waals surface area contributed by atoms with Crippen LogP contribution in [0.5, 0.6) is 0 Å². The molecule has 0 amide bonds. The number of halogens is 1. The van der Waals surface area contributed by atoms with Crippen LogP contribution in [0.25, 0.3) is 10.9 Å². The first kappa shape index (κ1) is 13.0. The van der Waals surface area contributed by atoms with Crippen LogP contribution in [0.2, 0.25) is 0 Å². The lowest BCUT2D eigenvalue weighted by atomic mass is 9.99. The Balaban J connectivity index is 2.17. The third-order valence-corrected chi connectivity index (χ3v) is 3.64. The van der Waals surface area contributed by atoms with Crippen molar-refractivity contribution in [2.75, 3.05) is 0 Å². The molecule has 0 saturated carbocycles. The lowest BCUT2D eigenvalue weighted by Gasteiger charge is -2.06. The monoisotopic (exact) mass is 325 g/mol. The van der Waals surface area contributed by atoms with Crippen LogP contribution < -0.4 is 0 Å². The van der Waals surface area contributed by atoms with Crippen LogP contribution >= 0.6 is 15.9 Å². The van der Waals surface area contributed by atoms with E-state index in [2.05, 4.69) is 20.9 Å². The van der Waals surface area contributed by atoms with Gasteiger partial charge in [-0.1, -0.05) is 34.1 Å². The highest BCUT2D eigenvalue weighted by Gasteiger charge is 2.13. The van der Waals surface area contributed by atoms with Gasteiger partial charge in [-0.25, -0.2) is 0 Å². The SMILES string of the molecule is Cc1cc(Br)cc(C(=O)c2cccc3cccnc23)c1. The van der Waals surface area contributed by atoms with Gasteiger partial charge >= 0.3 is 0 Å². The van der Waals surface area contributed by atoms with E-state index in [0.717, 1.165) is 20.9 Å². The first-order valence-electron chi connectivity index (χ1n) is 6.31. The van der Waals surface area contributed by atoms with Crippen LogP contribution in [0.15, 0.2) is 59.2 Å². The van der Waals surface area contributed by atoms with Gasteiger partial charge < -0.3 is 0 Å². The number of aryl methyl sites for hydroxylation is 1. The minimum absolute atomic E-state index is 0.00120. The number of benzene rings is 2. The Kier molecular flexibility index (Phi) is 3.36. The fourth-order valence-corrected chi connectivity index (χ4v) is 2.92. The molecular formula is C17H12BrNO. The fourth-order valence-electron chi connectivity index (χ4n) is 2.31. The molecule has 0 radical (unpaired) electrons. The van der Waals surface area contributed by atoms with E-state index in [1.54, 1.807) is 6.20 Å². The zero-order valence-corrected chi connectivity index (χ0v) is 12.5. The number of hydrogen-bond donors (Lipinski definition) is 0. The number of fused-ring (bicyclic) bond motifs is 1. The van der Waals surface area contributed by atoms with E-state index >= 15 is 0 Å². The van der Waals surface area contributed by atoms with E-state index < -0.39 is 0 Å². The molecule has 0 aliphatic heterocycles. The highest BCUT2D eigenvalue weighted by molar-refractivity contribution is 9.10. The Morgan fingerprint density at radius 2 is 1.90 bits per heavy atom. The summed E-state index contributed by atoms with van der Waals surface area (Å²) in [5.41, 5.74) is 3.11. The van der Waals surface area contributed by atoms with Crippen molar-refractivity contribution in [3.63, 3.8) is 0 Å². The Morgan fingerprint density at radius 3 is 2.70 bits per heavy atom. The normalized spacial score (nSPS) is 10.7. The summed E-state index contributed by atoms with van der Waals surface area (Å²) in [6.07, 6.45) is 1.71. The van der Waals surface area contributed by atoms with Gasteiger partial charge in [-0.15, -0.1) is 0 Å². The zero-order chi connectivity index (χ0) is 14.1. The Bertz CT molecular complexity index is 785. The second-order valence-electron chi connectivity index (χ2n) is 4.73. The van der Waals surface area contributed by atoms with Gasteiger partial charge in [0.15, 0.2) is 5.78 Å². The lowest BCUT2D eigenvalue weighted by Crippen LogP contribution is -2.03. The van der Waals surface area contributed by atoms with Crippen LogP contribution in [0, 0.1) is 6.92 Å². The third kappa shape index (κ3) is 2.37. The van der Waals surface area contributed by atoms with Crippen molar-refractivity contribution in [1.29, 1.82) is 0 Å². The second-order valence-corrected chi connectivity index (χ2v) is 5.64. The van der Waals surface area contributed by atoms with Gasteiger partial charge in [-0.05, 0) is 42.8 Å². The summed E-state index contributed by atoms with van der Waals surface area (Å²) in [6, 6.07) is 15.2. The van der Waals surface area contributed by atoms with Crippen molar-refractivity contribution < 1.29 is 4.79 Å². The molecule has 0 aliphatic rings. The smallest absolute Gasteiger partial charge is 0.195 e. The molecule has 98 valence electrons. The molecule has 1 aromatic heterocycles. The van der Waals surface area contributed by atoms with Gasteiger partial charge in [0.05, 0.1) is 5.52 Å². The van der Waals surface area contributed by atoms with Gasteiger partial charge in [0, 0.05) is 27.2 Å². The highest BCUT2D eigenvalue weighted by atomic mass is 79.9. The molecule has 2 nitrogen and oxygen atoms in total. The number of carbonyl (C=O) groups is 1. The third-order valence-electron chi connectivity index (χ3n) is 3.18. The molecule has 0 spiro atoms. The maximum atomic E-state index is 12.7. The summed E-state index contributed by atoms with van der Waals surface area (Å²) in [5.74, 6) is -0.00120. The molecule has 3 rings (SSSR count). The number of nitrogens with zero attached hydrogens (tertiary/aromatic N) is 1. The Morgan fingerprint density at radius 1 is 1.10 bits per heavy atom. The molecule has 0 atom stereocenters. The number of pyridine rings is 1. The number of rotatable bonds is 2. The Hall–Kier alpha value is -2.00. The molecule has 3 aromatic rings. The number of ketones is 1. The highest BCUT2D eigenvalue weighted by Crippen LogP contribution is 2.22. The summed E-state index contributed by atoms with van der Waals surface area (Å²) < 4.78 is 0.911. The molecule has 3 heteroatoms. The molecular weight excluding hydrogens is 314 g/mol. The van der Waals surface area contributed by atoms with Gasteiger partial charge in [-0.3, -0.25) is 9.78 Å². The number of carbonyl (C=O) groups excluding carboxylic acids is 1. The molecule has 0 fully saturated rings. The van der Waals surface area contributed by atoms with Crippen LogP contribution in [0.4, 0.5) is 0 Å². The van der Waals surface area contributed by atoms with E-state index in [4.69, 9.17) is 0 Å². The molecule has 20 heavy (non-hydrogen) atoms. The first-order valence-corrected chi connectivity index (χ1v) is 7.10. The van der Waals surface area contributed by atoms with E-state index in [9.17, 15) is 4.79 Å². The topological polar surface area (TPSA) is 30.0 Å². The standard InChI is InChI=1S/C17H12BrNO/c1-11-8-13(10-14(18)9-11)17(20)15-6-2-4-12-5-3-7-19-16(12)15/h2-10H,1H3. The average Bonchev–Trinajstić information content (AvgIpc) is 2.45. The number of hydrogen-bond acceptors (Lipinski definition) is 2. The van der Waals surface area contributed by atoms with Crippen LogP contribution in [-0.4, -0.2) is 10.8 Å². The zero-order valence-electron chi connectivity index (χ0n) is 10.9. The predicted molar refractivity (Wildman–Crippen MR) is 84.1 cm³/mol. The van der Waals surface area contributed by atoms with Crippen molar-refractivity contribution in [1.82, 2.24) is 4.98 Å². The van der Waals surface area contributed by atoms with E-state index in [0.29, 0.717) is 11.1 Å². The van der Waals surface area contributed by atoms with Crippen LogP contribution in [0.1, 0.15) is 21.5 Å². The van der Waals surface area contributed by atoms with Crippen molar-refractivity contribution in [3.05, 3.63) is 75.9 Å². The molecule has 1 heterocycles. The van der Waals surface area contributed by atoms with Crippen molar-refractivity contribution >= 4 is 32.6 Å². The van der Waals surface area contributed by atoms with Gasteiger partial charge in [-0.2, -0.15) is 0 Å². The maximum Gasteiger partial charge on any atom is 0.195 e. The summed E-state index contributed by atoms with van der Waals surface area (Å²) in [6.45, 7) is 1.98. The lowest BCUT2D eigenvalue weighted by molar-refractivity contribution is 0.104. The van der Waals surface area contributed by atoms with Gasteiger partial charge in [0.1, 0.15) is 0 Å². The van der Waals surface area contributed by atoms with Gasteiger partial charge in [0.25, 0.3) is 0 Å². The molecule has 0 unspecified atom stereocenters. The Labute approximate surface area is 125 Å². The van der Waals surface area contributed by atoms with Crippen molar-refractivity contribution in [2.45, 2.75) is 6.92 Å². The number of para-hydroxylation sites is 1. The molecule has 2 aromatic carbocycles. The molecule has 0 aliphatic carbocycles. The first-order chi connectivity index (χ1) is 9.65. The van der Waals surface area contributed by atoms with E-state index in [-0.39, 0.29) is 5.78 Å². The fraction of sp³-hybridized carbons (Fsp3) is 0.0588. The molecule has 0 bridgehead atoms. The molecule has 0 N–H and O–H groups in total. The summed E-state index contributed by atoms with van der Waals surface area (Å²) in [4.78, 5) is 17.0. The van der Waals surface area contributed by atoms with E-state index in [1.165, 1.54) is 0 Å². The molecule has 0 saturated heterocycles. The van der Waals surface area contributed by atoms with Crippen LogP contribution in [-0.2, 0) is 0 Å². The maximum absolute atomic E-state index is 12.7. The van der Waals surface area contributed by atoms with Crippen molar-refractivity contribution in [2.24, 2.45) is 0 Å². The largest absolute Gasteiger partial charge is 0.289 e. The van der Waals surface area contributed by atoms with Crippen molar-refractivity contribution in [3.8, 4) is 0 Å². The predicted octanol–water partition coefficient (Wildman–Crippen LogP) is 4.54. The summed E-state index contributed by atoms with van der Waals surface area (Å²) in [5, 5.41) is 0.977. The summed E-state index contributed by atoms with van der Waals surface area (Å²) in [7, 11) is 0. The second kappa shape index (κ2) is 5.17.